The predicted octanol–water partition coefficient (Wildman–Crippen LogP) is 0.788. The molecule has 2 N–H and O–H groups in total. The van der Waals surface area contributed by atoms with Crippen molar-refractivity contribution in [2.45, 2.75) is 6.92 Å². The minimum absolute atomic E-state index is 0.173. The molecule has 1 aromatic rings. The van der Waals surface area contributed by atoms with Crippen molar-refractivity contribution < 1.29 is 4.79 Å². The Kier molecular flexibility index (Phi) is 3.29. The molecule has 15 heavy (non-hydrogen) atoms. The Morgan fingerprint density at radius 2 is 2.27 bits per heavy atom. The van der Waals surface area contributed by atoms with Crippen molar-refractivity contribution >= 4 is 11.6 Å². The molecule has 0 aliphatic heterocycles. The number of carbonyl (C=O) groups is 1. The van der Waals surface area contributed by atoms with E-state index in [2.05, 4.69) is 6.07 Å². The summed E-state index contributed by atoms with van der Waals surface area (Å²) in [6, 6.07) is 7.39. The zero-order valence-electron chi connectivity index (χ0n) is 8.82. The number of nitrogens with two attached hydrogens (primary N) is 1. The highest BCUT2D eigenvalue weighted by atomic mass is 16.1. The second kappa shape index (κ2) is 4.47. The first-order valence-corrected chi connectivity index (χ1v) is 4.55. The Hall–Kier alpha value is -2.02. The van der Waals surface area contributed by atoms with Crippen LogP contribution in [0.1, 0.15) is 11.1 Å². The van der Waals surface area contributed by atoms with Gasteiger partial charge in [-0.3, -0.25) is 4.79 Å². The number of amides is 1. The largest absolute Gasteiger partial charge is 0.368 e. The lowest BCUT2D eigenvalue weighted by Crippen LogP contribution is -2.30. The van der Waals surface area contributed by atoms with Crippen molar-refractivity contribution in [1.29, 1.82) is 5.26 Å². The zero-order chi connectivity index (χ0) is 11.4. The van der Waals surface area contributed by atoms with Crippen LogP contribution in [0.4, 0.5) is 5.69 Å². The third-order valence-corrected chi connectivity index (χ3v) is 2.13. The Bertz CT molecular complexity index is 420. The Balaban J connectivity index is 2.96. The molecule has 0 atom stereocenters. The fourth-order valence-corrected chi connectivity index (χ4v) is 1.47. The number of rotatable bonds is 3. The summed E-state index contributed by atoms with van der Waals surface area (Å²) < 4.78 is 0. The van der Waals surface area contributed by atoms with E-state index in [1.54, 1.807) is 24.1 Å². The van der Waals surface area contributed by atoms with Gasteiger partial charge in [0.2, 0.25) is 5.91 Å². The van der Waals surface area contributed by atoms with E-state index >= 15 is 0 Å². The molecule has 0 aliphatic carbocycles. The smallest absolute Gasteiger partial charge is 0.236 e. The van der Waals surface area contributed by atoms with E-state index in [0.717, 1.165) is 11.3 Å². The number of hydrogen-bond acceptors (Lipinski definition) is 3. The van der Waals surface area contributed by atoms with Crippen LogP contribution in [0.15, 0.2) is 18.2 Å². The SMILES string of the molecule is Cc1cc(C#N)ccc1N(C)CC(N)=O. The van der Waals surface area contributed by atoms with Crippen molar-refractivity contribution in [1.82, 2.24) is 0 Å². The fraction of sp³-hybridized carbons (Fsp3) is 0.273. The average Bonchev–Trinajstić information content (AvgIpc) is 2.16. The Morgan fingerprint density at radius 1 is 1.60 bits per heavy atom. The lowest BCUT2D eigenvalue weighted by atomic mass is 10.1. The number of carbonyl (C=O) groups excluding carboxylic acids is 1. The lowest BCUT2D eigenvalue weighted by molar-refractivity contribution is -0.116. The van der Waals surface area contributed by atoms with Gasteiger partial charge in [0, 0.05) is 12.7 Å². The van der Waals surface area contributed by atoms with Crippen molar-refractivity contribution in [3.63, 3.8) is 0 Å². The molecular weight excluding hydrogens is 190 g/mol. The maximum atomic E-state index is 10.7. The van der Waals surface area contributed by atoms with E-state index in [1.807, 2.05) is 13.0 Å². The summed E-state index contributed by atoms with van der Waals surface area (Å²) in [6.45, 7) is 2.07. The normalized spacial score (nSPS) is 9.40. The van der Waals surface area contributed by atoms with Gasteiger partial charge in [-0.15, -0.1) is 0 Å². The van der Waals surface area contributed by atoms with Crippen LogP contribution in [0.25, 0.3) is 0 Å². The van der Waals surface area contributed by atoms with E-state index in [0.29, 0.717) is 5.56 Å². The van der Waals surface area contributed by atoms with Crippen LogP contribution in [0, 0.1) is 18.3 Å². The maximum Gasteiger partial charge on any atom is 0.236 e. The minimum atomic E-state index is -0.374. The molecule has 0 heterocycles. The van der Waals surface area contributed by atoms with Gasteiger partial charge in [0.15, 0.2) is 0 Å². The molecule has 1 rings (SSSR count). The number of likely N-dealkylation sites (N-methyl/N-ethyl adjacent to an activating group) is 1. The van der Waals surface area contributed by atoms with E-state index < -0.39 is 0 Å². The standard InChI is InChI=1S/C11H13N3O/c1-8-5-9(6-12)3-4-10(8)14(2)7-11(13)15/h3-5H,7H2,1-2H3,(H2,13,15). The van der Waals surface area contributed by atoms with Crippen molar-refractivity contribution in [3.05, 3.63) is 29.3 Å². The third-order valence-electron chi connectivity index (χ3n) is 2.13. The number of nitrogens with zero attached hydrogens (tertiary/aromatic N) is 2. The zero-order valence-corrected chi connectivity index (χ0v) is 8.82. The summed E-state index contributed by atoms with van der Waals surface area (Å²) in [5.74, 6) is -0.374. The minimum Gasteiger partial charge on any atom is -0.368 e. The summed E-state index contributed by atoms with van der Waals surface area (Å²) in [5, 5.41) is 8.70. The number of hydrogen-bond donors (Lipinski definition) is 1. The van der Waals surface area contributed by atoms with Crippen LogP contribution in [-0.4, -0.2) is 19.5 Å². The van der Waals surface area contributed by atoms with Crippen LogP contribution in [0.3, 0.4) is 0 Å². The molecule has 0 saturated heterocycles. The van der Waals surface area contributed by atoms with Crippen molar-refractivity contribution in [2.24, 2.45) is 5.73 Å². The number of primary amides is 1. The van der Waals surface area contributed by atoms with Gasteiger partial charge in [-0.05, 0) is 30.7 Å². The highest BCUT2D eigenvalue weighted by molar-refractivity contribution is 5.79. The summed E-state index contributed by atoms with van der Waals surface area (Å²) in [5.41, 5.74) is 7.58. The van der Waals surface area contributed by atoms with E-state index in [-0.39, 0.29) is 12.5 Å². The summed E-state index contributed by atoms with van der Waals surface area (Å²) in [4.78, 5) is 12.5. The molecule has 0 radical (unpaired) electrons. The highest BCUT2D eigenvalue weighted by Crippen LogP contribution is 2.19. The van der Waals surface area contributed by atoms with Crippen LogP contribution < -0.4 is 10.6 Å². The van der Waals surface area contributed by atoms with Crippen molar-refractivity contribution in [3.8, 4) is 6.07 Å². The first-order valence-electron chi connectivity index (χ1n) is 4.55. The molecule has 78 valence electrons. The number of nitriles is 1. The third kappa shape index (κ3) is 2.71. The van der Waals surface area contributed by atoms with E-state index in [1.165, 1.54) is 0 Å². The second-order valence-corrected chi connectivity index (χ2v) is 3.44. The molecule has 0 bridgehead atoms. The summed E-state index contributed by atoms with van der Waals surface area (Å²) in [6.07, 6.45) is 0. The molecule has 0 spiro atoms. The molecular formula is C11H13N3O. The Labute approximate surface area is 88.9 Å². The number of aryl methyl sites for hydroxylation is 1. The monoisotopic (exact) mass is 203 g/mol. The van der Waals surface area contributed by atoms with Gasteiger partial charge in [-0.2, -0.15) is 5.26 Å². The van der Waals surface area contributed by atoms with Crippen LogP contribution >= 0.6 is 0 Å². The molecule has 4 nitrogen and oxygen atoms in total. The molecule has 0 unspecified atom stereocenters. The van der Waals surface area contributed by atoms with Crippen LogP contribution in [-0.2, 0) is 4.79 Å². The first kappa shape index (κ1) is 11.1. The van der Waals surface area contributed by atoms with Crippen LogP contribution in [0.2, 0.25) is 0 Å². The average molecular weight is 203 g/mol. The van der Waals surface area contributed by atoms with Gasteiger partial charge in [0.05, 0.1) is 18.2 Å². The molecule has 0 aromatic heterocycles. The first-order chi connectivity index (χ1) is 7.04. The van der Waals surface area contributed by atoms with Crippen LogP contribution in [0.5, 0.6) is 0 Å². The molecule has 4 heteroatoms. The number of benzene rings is 1. The van der Waals surface area contributed by atoms with Gasteiger partial charge in [-0.25, -0.2) is 0 Å². The summed E-state index contributed by atoms with van der Waals surface area (Å²) in [7, 11) is 1.79. The van der Waals surface area contributed by atoms with E-state index in [4.69, 9.17) is 11.0 Å². The van der Waals surface area contributed by atoms with Gasteiger partial charge < -0.3 is 10.6 Å². The highest BCUT2D eigenvalue weighted by Gasteiger charge is 2.07. The predicted molar refractivity (Wildman–Crippen MR) is 58.4 cm³/mol. The maximum absolute atomic E-state index is 10.7. The lowest BCUT2D eigenvalue weighted by Gasteiger charge is -2.19. The molecule has 1 aromatic carbocycles. The fourth-order valence-electron chi connectivity index (χ4n) is 1.47. The topological polar surface area (TPSA) is 70.1 Å². The Morgan fingerprint density at radius 3 is 2.73 bits per heavy atom. The quantitative estimate of drug-likeness (QED) is 0.789. The van der Waals surface area contributed by atoms with Gasteiger partial charge in [0.1, 0.15) is 0 Å². The van der Waals surface area contributed by atoms with Gasteiger partial charge in [0.25, 0.3) is 0 Å². The molecule has 0 fully saturated rings. The second-order valence-electron chi connectivity index (χ2n) is 3.44. The van der Waals surface area contributed by atoms with E-state index in [9.17, 15) is 4.79 Å². The number of anilines is 1. The van der Waals surface area contributed by atoms with Gasteiger partial charge >= 0.3 is 0 Å². The summed E-state index contributed by atoms with van der Waals surface area (Å²) >= 11 is 0. The molecule has 0 saturated carbocycles. The van der Waals surface area contributed by atoms with Crippen molar-refractivity contribution in [2.75, 3.05) is 18.5 Å². The van der Waals surface area contributed by atoms with Gasteiger partial charge in [-0.1, -0.05) is 0 Å². The molecule has 1 amide bonds. The molecule has 0 aliphatic rings.